The fourth-order valence-electron chi connectivity index (χ4n) is 2.26. The lowest BCUT2D eigenvalue weighted by molar-refractivity contribution is 0.0169. The number of aliphatic hydroxyl groups is 1. The van der Waals surface area contributed by atoms with Crippen LogP contribution in [0, 0.1) is 11.6 Å². The van der Waals surface area contributed by atoms with Gasteiger partial charge in [0.1, 0.15) is 11.6 Å². The Labute approximate surface area is 159 Å². The van der Waals surface area contributed by atoms with Crippen LogP contribution in [0.3, 0.4) is 0 Å². The number of benzene rings is 2. The van der Waals surface area contributed by atoms with Gasteiger partial charge in [-0.2, -0.15) is 4.37 Å². The molecule has 1 aromatic heterocycles. The first kappa shape index (κ1) is 18.6. The third kappa shape index (κ3) is 3.83. The molecule has 0 aliphatic carbocycles. The molecule has 3 N–H and O–H groups in total. The smallest absolute Gasteiger partial charge is 0.277 e. The molecule has 2 aromatic carbocycles. The maximum atomic E-state index is 14.3. The molecule has 0 bridgehead atoms. The maximum absolute atomic E-state index is 14.3. The summed E-state index contributed by atoms with van der Waals surface area (Å²) in [7, 11) is 0. The van der Waals surface area contributed by atoms with E-state index < -0.39 is 17.5 Å². The number of hydroxylamine groups is 1. The van der Waals surface area contributed by atoms with Gasteiger partial charge in [0.05, 0.1) is 41.0 Å². The number of anilines is 2. The van der Waals surface area contributed by atoms with Gasteiger partial charge in [-0.25, -0.2) is 14.3 Å². The molecule has 0 fully saturated rings. The van der Waals surface area contributed by atoms with Crippen molar-refractivity contribution < 1.29 is 23.5 Å². The van der Waals surface area contributed by atoms with Gasteiger partial charge in [0.15, 0.2) is 0 Å². The molecule has 3 aromatic rings. The summed E-state index contributed by atoms with van der Waals surface area (Å²) in [5.41, 5.74) is 2.33. The van der Waals surface area contributed by atoms with Crippen LogP contribution in [0.1, 0.15) is 10.4 Å². The molecule has 10 heteroatoms. The molecule has 136 valence electrons. The molecule has 0 spiro atoms. The van der Waals surface area contributed by atoms with Crippen LogP contribution in [0.25, 0.3) is 10.1 Å². The summed E-state index contributed by atoms with van der Waals surface area (Å²) < 4.78 is 33.2. The van der Waals surface area contributed by atoms with E-state index in [1.165, 1.54) is 18.3 Å². The highest BCUT2D eigenvalue weighted by Gasteiger charge is 2.20. The number of rotatable bonds is 6. The van der Waals surface area contributed by atoms with Crippen molar-refractivity contribution in [3.05, 3.63) is 52.1 Å². The van der Waals surface area contributed by atoms with Crippen LogP contribution in [-0.2, 0) is 4.84 Å². The van der Waals surface area contributed by atoms with Crippen LogP contribution < -0.4 is 10.8 Å². The summed E-state index contributed by atoms with van der Waals surface area (Å²) in [5.74, 6) is -1.93. The lowest BCUT2D eigenvalue weighted by Gasteiger charge is -2.14. The maximum Gasteiger partial charge on any atom is 0.277 e. The van der Waals surface area contributed by atoms with E-state index in [0.29, 0.717) is 9.86 Å². The van der Waals surface area contributed by atoms with Gasteiger partial charge < -0.3 is 10.4 Å². The number of aromatic nitrogens is 1. The van der Waals surface area contributed by atoms with Gasteiger partial charge in [-0.3, -0.25) is 9.63 Å². The number of amides is 1. The van der Waals surface area contributed by atoms with Gasteiger partial charge in [0.2, 0.25) is 0 Å². The Balaban J connectivity index is 2.06. The summed E-state index contributed by atoms with van der Waals surface area (Å²) >= 11 is 4.10. The van der Waals surface area contributed by atoms with E-state index in [1.54, 1.807) is 6.07 Å². The highest BCUT2D eigenvalue weighted by molar-refractivity contribution is 9.10. The summed E-state index contributed by atoms with van der Waals surface area (Å²) in [6.07, 6.45) is 1.40. The topological polar surface area (TPSA) is 83.5 Å². The zero-order valence-corrected chi connectivity index (χ0v) is 15.5. The van der Waals surface area contributed by atoms with Crippen LogP contribution in [0.2, 0.25) is 0 Å². The zero-order valence-electron chi connectivity index (χ0n) is 13.1. The van der Waals surface area contributed by atoms with Gasteiger partial charge in [-0.1, -0.05) is 15.9 Å². The van der Waals surface area contributed by atoms with Crippen molar-refractivity contribution in [1.29, 1.82) is 0 Å². The quantitative estimate of drug-likeness (QED) is 0.399. The van der Waals surface area contributed by atoms with Crippen LogP contribution in [0.5, 0.6) is 0 Å². The van der Waals surface area contributed by atoms with Gasteiger partial charge in [0.25, 0.3) is 5.91 Å². The van der Waals surface area contributed by atoms with E-state index in [0.717, 1.165) is 17.6 Å². The molecule has 1 heterocycles. The Morgan fingerprint density at radius 2 is 2.12 bits per heavy atom. The Bertz CT molecular complexity index is 967. The summed E-state index contributed by atoms with van der Waals surface area (Å²) in [6, 6.07) is 5.40. The molecule has 0 saturated carbocycles. The molecule has 3 rings (SSSR count). The van der Waals surface area contributed by atoms with Crippen LogP contribution in [-0.4, -0.2) is 28.6 Å². The van der Waals surface area contributed by atoms with Crippen LogP contribution >= 0.6 is 27.5 Å². The van der Waals surface area contributed by atoms with Crippen molar-refractivity contribution >= 4 is 54.8 Å². The van der Waals surface area contributed by atoms with Crippen molar-refractivity contribution in [3.8, 4) is 0 Å². The fraction of sp³-hybridized carbons (Fsp3) is 0.125. The van der Waals surface area contributed by atoms with Crippen molar-refractivity contribution in [3.63, 3.8) is 0 Å². The number of hydrogen-bond donors (Lipinski definition) is 3. The van der Waals surface area contributed by atoms with E-state index in [-0.39, 0.29) is 34.9 Å². The van der Waals surface area contributed by atoms with Crippen LogP contribution in [0.15, 0.2) is 34.9 Å². The third-order valence-corrected chi connectivity index (χ3v) is 4.69. The number of hydrogen-bond acceptors (Lipinski definition) is 6. The minimum Gasteiger partial charge on any atom is -0.394 e. The van der Waals surface area contributed by atoms with E-state index in [2.05, 4.69) is 31.1 Å². The molecule has 0 aliphatic rings. The van der Waals surface area contributed by atoms with Crippen molar-refractivity contribution in [2.75, 3.05) is 18.5 Å². The molecule has 6 nitrogen and oxygen atoms in total. The number of nitrogens with zero attached hydrogens (tertiary/aromatic N) is 1. The lowest BCUT2D eigenvalue weighted by Crippen LogP contribution is -2.26. The summed E-state index contributed by atoms with van der Waals surface area (Å²) in [5, 5.41) is 11.9. The van der Waals surface area contributed by atoms with E-state index in [1.807, 2.05) is 0 Å². The van der Waals surface area contributed by atoms with E-state index in [4.69, 9.17) is 9.94 Å². The molecular weight excluding hydrogens is 432 g/mol. The van der Waals surface area contributed by atoms with Crippen molar-refractivity contribution in [1.82, 2.24) is 9.85 Å². The number of fused-ring (bicyclic) bond motifs is 1. The molecule has 26 heavy (non-hydrogen) atoms. The first-order valence-corrected chi connectivity index (χ1v) is 8.90. The van der Waals surface area contributed by atoms with Gasteiger partial charge in [0, 0.05) is 9.86 Å². The second-order valence-electron chi connectivity index (χ2n) is 5.10. The molecule has 0 radical (unpaired) electrons. The molecular formula is C16H12BrF2N3O3S. The Kier molecular flexibility index (Phi) is 5.77. The highest BCUT2D eigenvalue weighted by atomic mass is 79.9. The minimum absolute atomic E-state index is 0.0875. The number of carbonyl (C=O) groups is 1. The second kappa shape index (κ2) is 8.04. The monoisotopic (exact) mass is 443 g/mol. The van der Waals surface area contributed by atoms with Gasteiger partial charge in [-0.05, 0) is 35.8 Å². The predicted molar refractivity (Wildman–Crippen MR) is 97.5 cm³/mol. The Morgan fingerprint density at radius 1 is 1.31 bits per heavy atom. The van der Waals surface area contributed by atoms with Crippen molar-refractivity contribution in [2.24, 2.45) is 0 Å². The summed E-state index contributed by atoms with van der Waals surface area (Å²) in [6.45, 7) is -0.419. The summed E-state index contributed by atoms with van der Waals surface area (Å²) in [4.78, 5) is 17.1. The number of halogens is 3. The minimum atomic E-state index is -0.745. The molecule has 0 unspecified atom stereocenters. The standard InChI is InChI=1S/C16H12BrF2N3O3S/c17-8-1-2-13(11(18)5-8)21-14-9(16(24)22-25-4-3-23)6-12(19)15-10(14)7-20-26-15/h1-2,5-7,21,23H,3-4H2,(H,22,24). The SMILES string of the molecule is O=C(NOCCO)c1cc(F)c2sncc2c1Nc1ccc(Br)cc1F. The highest BCUT2D eigenvalue weighted by Crippen LogP contribution is 2.35. The first-order valence-electron chi connectivity index (χ1n) is 7.33. The fourth-order valence-corrected chi connectivity index (χ4v) is 3.25. The van der Waals surface area contributed by atoms with E-state index >= 15 is 0 Å². The molecule has 0 atom stereocenters. The molecule has 0 aliphatic heterocycles. The largest absolute Gasteiger partial charge is 0.394 e. The molecule has 0 saturated heterocycles. The lowest BCUT2D eigenvalue weighted by atomic mass is 10.1. The average molecular weight is 444 g/mol. The average Bonchev–Trinajstić information content (AvgIpc) is 3.09. The number of carbonyl (C=O) groups excluding carboxylic acids is 1. The second-order valence-corrected chi connectivity index (χ2v) is 6.82. The Hall–Kier alpha value is -2.14. The zero-order chi connectivity index (χ0) is 18.7. The first-order chi connectivity index (χ1) is 12.5. The van der Waals surface area contributed by atoms with Crippen molar-refractivity contribution in [2.45, 2.75) is 0 Å². The normalized spacial score (nSPS) is 10.9. The van der Waals surface area contributed by atoms with Crippen LogP contribution in [0.4, 0.5) is 20.2 Å². The third-order valence-electron chi connectivity index (χ3n) is 3.39. The van der Waals surface area contributed by atoms with E-state index in [9.17, 15) is 13.6 Å². The molecule has 1 amide bonds. The van der Waals surface area contributed by atoms with Gasteiger partial charge >= 0.3 is 0 Å². The number of aliphatic hydroxyl groups excluding tert-OH is 1. The van der Waals surface area contributed by atoms with Gasteiger partial charge in [-0.15, -0.1) is 0 Å². The predicted octanol–water partition coefficient (Wildman–Crippen LogP) is 3.73. The number of nitrogens with one attached hydrogen (secondary N) is 2. The Morgan fingerprint density at radius 3 is 2.85 bits per heavy atom.